The molecule has 0 aliphatic carbocycles. The van der Waals surface area contributed by atoms with E-state index in [4.69, 9.17) is 9.47 Å². The molecule has 0 aliphatic rings. The summed E-state index contributed by atoms with van der Waals surface area (Å²) in [5.41, 5.74) is 0. The maximum absolute atomic E-state index is 12.4. The van der Waals surface area contributed by atoms with E-state index in [1.165, 1.54) is 24.3 Å². The standard InChI is InChI=1S/C17H16O6S/c1-17(24(2,20)21,15(18)22-13-9-5-3-6-10-13)16(19)23-14-11-7-4-8-12-14/h3-12H,1-2H3. The van der Waals surface area contributed by atoms with E-state index in [0.29, 0.717) is 0 Å². The van der Waals surface area contributed by atoms with E-state index < -0.39 is 26.5 Å². The summed E-state index contributed by atoms with van der Waals surface area (Å²) >= 11 is 0. The van der Waals surface area contributed by atoms with Crippen molar-refractivity contribution in [3.05, 3.63) is 60.7 Å². The van der Waals surface area contributed by atoms with Crippen LogP contribution >= 0.6 is 0 Å². The minimum atomic E-state index is -4.15. The Kier molecular flexibility index (Phi) is 5.04. The molecule has 0 aromatic heterocycles. The summed E-state index contributed by atoms with van der Waals surface area (Å²) < 4.78 is 31.8. The van der Waals surface area contributed by atoms with Crippen molar-refractivity contribution >= 4 is 21.8 Å². The lowest BCUT2D eigenvalue weighted by atomic mass is 10.1. The highest BCUT2D eigenvalue weighted by atomic mass is 32.2. The quantitative estimate of drug-likeness (QED) is 0.467. The number of benzene rings is 2. The number of ether oxygens (including phenoxy) is 2. The first-order valence-corrected chi connectivity index (χ1v) is 8.88. The van der Waals surface area contributed by atoms with Crippen molar-refractivity contribution in [2.75, 3.05) is 6.26 Å². The molecule has 7 heteroatoms. The van der Waals surface area contributed by atoms with E-state index in [1.807, 2.05) is 0 Å². The molecule has 0 radical (unpaired) electrons. The van der Waals surface area contributed by atoms with E-state index in [1.54, 1.807) is 36.4 Å². The van der Waals surface area contributed by atoms with Gasteiger partial charge < -0.3 is 9.47 Å². The molecule has 126 valence electrons. The predicted molar refractivity (Wildman–Crippen MR) is 87.4 cm³/mol. The number of hydrogen-bond donors (Lipinski definition) is 0. The fourth-order valence-electron chi connectivity index (χ4n) is 1.77. The van der Waals surface area contributed by atoms with Gasteiger partial charge in [0.05, 0.1) is 0 Å². The van der Waals surface area contributed by atoms with Gasteiger partial charge in [0, 0.05) is 6.26 Å². The largest absolute Gasteiger partial charge is 0.425 e. The SMILES string of the molecule is CC(C(=O)Oc1ccccc1)(C(=O)Oc1ccccc1)S(C)(=O)=O. The maximum atomic E-state index is 12.4. The summed E-state index contributed by atoms with van der Waals surface area (Å²) in [6.07, 6.45) is 0.783. The van der Waals surface area contributed by atoms with Gasteiger partial charge in [-0.15, -0.1) is 0 Å². The van der Waals surface area contributed by atoms with Crippen LogP contribution in [0.15, 0.2) is 60.7 Å². The third-order valence-corrected chi connectivity index (χ3v) is 5.24. The first-order valence-electron chi connectivity index (χ1n) is 6.99. The minimum absolute atomic E-state index is 0.130. The van der Waals surface area contributed by atoms with Gasteiger partial charge in [-0.1, -0.05) is 36.4 Å². The molecule has 0 N–H and O–H groups in total. The fraction of sp³-hybridized carbons (Fsp3) is 0.176. The molecule has 0 aliphatic heterocycles. The number of rotatable bonds is 5. The molecule has 6 nitrogen and oxygen atoms in total. The van der Waals surface area contributed by atoms with Crippen LogP contribution in [0.4, 0.5) is 0 Å². The topological polar surface area (TPSA) is 86.7 Å². The lowest BCUT2D eigenvalue weighted by molar-refractivity contribution is -0.148. The number of carbonyl (C=O) groups excluding carboxylic acids is 2. The van der Waals surface area contributed by atoms with E-state index in [9.17, 15) is 18.0 Å². The molecule has 0 atom stereocenters. The highest BCUT2D eigenvalue weighted by molar-refractivity contribution is 7.93. The third kappa shape index (κ3) is 3.62. The second-order valence-corrected chi connectivity index (χ2v) is 7.57. The van der Waals surface area contributed by atoms with Crippen LogP contribution in [-0.2, 0) is 19.4 Å². The number of esters is 2. The fourth-order valence-corrected chi connectivity index (χ4v) is 2.46. The van der Waals surface area contributed by atoms with Gasteiger partial charge in [-0.2, -0.15) is 0 Å². The van der Waals surface area contributed by atoms with Crippen molar-refractivity contribution in [1.29, 1.82) is 0 Å². The van der Waals surface area contributed by atoms with Crippen LogP contribution in [0.2, 0.25) is 0 Å². The molecule has 2 aromatic rings. The summed E-state index contributed by atoms with van der Waals surface area (Å²) in [5.74, 6) is -2.19. The maximum Gasteiger partial charge on any atom is 0.344 e. The van der Waals surface area contributed by atoms with Crippen molar-refractivity contribution in [3.8, 4) is 11.5 Å². The van der Waals surface area contributed by atoms with E-state index in [-0.39, 0.29) is 11.5 Å². The molecule has 24 heavy (non-hydrogen) atoms. The van der Waals surface area contributed by atoms with Crippen LogP contribution in [0.1, 0.15) is 6.92 Å². The molecule has 0 heterocycles. The smallest absolute Gasteiger partial charge is 0.344 e. The van der Waals surface area contributed by atoms with E-state index >= 15 is 0 Å². The van der Waals surface area contributed by atoms with E-state index in [0.717, 1.165) is 13.2 Å². The molecule has 2 rings (SSSR count). The van der Waals surface area contributed by atoms with Crippen LogP contribution in [0.3, 0.4) is 0 Å². The molecular formula is C17H16O6S. The van der Waals surface area contributed by atoms with Gasteiger partial charge in [-0.05, 0) is 31.2 Å². The van der Waals surface area contributed by atoms with Crippen molar-refractivity contribution in [1.82, 2.24) is 0 Å². The van der Waals surface area contributed by atoms with Gasteiger partial charge >= 0.3 is 11.9 Å². The Morgan fingerprint density at radius 3 is 1.42 bits per heavy atom. The number of para-hydroxylation sites is 2. The lowest BCUT2D eigenvalue weighted by Crippen LogP contribution is -2.54. The summed E-state index contributed by atoms with van der Waals surface area (Å²) in [7, 11) is -4.15. The number of hydrogen-bond acceptors (Lipinski definition) is 6. The summed E-state index contributed by atoms with van der Waals surface area (Å²) in [5, 5.41) is 0. The van der Waals surface area contributed by atoms with Gasteiger partial charge in [0.1, 0.15) is 11.5 Å². The Bertz CT molecular complexity index is 774. The molecule has 0 amide bonds. The molecule has 0 saturated carbocycles. The summed E-state index contributed by atoms with van der Waals surface area (Å²) in [6.45, 7) is 0.971. The lowest BCUT2D eigenvalue weighted by Gasteiger charge is -2.23. The Morgan fingerprint density at radius 2 is 1.12 bits per heavy atom. The molecule has 0 spiro atoms. The molecule has 0 unspecified atom stereocenters. The third-order valence-electron chi connectivity index (χ3n) is 3.43. The average Bonchev–Trinajstić information content (AvgIpc) is 2.54. The molecule has 0 bridgehead atoms. The zero-order chi connectivity index (χ0) is 17.8. The molecular weight excluding hydrogens is 332 g/mol. The predicted octanol–water partition coefficient (Wildman–Crippen LogP) is 2.00. The van der Waals surface area contributed by atoms with Gasteiger partial charge in [0.2, 0.25) is 0 Å². The number of sulfone groups is 1. The van der Waals surface area contributed by atoms with Crippen LogP contribution in [0.25, 0.3) is 0 Å². The molecule has 2 aromatic carbocycles. The Labute approximate surface area is 139 Å². The highest BCUT2D eigenvalue weighted by Gasteiger charge is 2.54. The van der Waals surface area contributed by atoms with Crippen molar-refractivity contribution in [2.24, 2.45) is 0 Å². The molecule has 0 saturated heterocycles. The van der Waals surface area contributed by atoms with Crippen molar-refractivity contribution in [3.63, 3.8) is 0 Å². The van der Waals surface area contributed by atoms with Gasteiger partial charge in [-0.3, -0.25) is 0 Å². The Balaban J connectivity index is 2.32. The zero-order valence-corrected chi connectivity index (χ0v) is 13.9. The summed E-state index contributed by atoms with van der Waals surface area (Å²) in [6, 6.07) is 15.8. The normalized spacial score (nSPS) is 11.6. The monoisotopic (exact) mass is 348 g/mol. The van der Waals surface area contributed by atoms with Crippen molar-refractivity contribution in [2.45, 2.75) is 11.7 Å². The average molecular weight is 348 g/mol. The van der Waals surface area contributed by atoms with E-state index in [2.05, 4.69) is 0 Å². The van der Waals surface area contributed by atoms with Gasteiger partial charge in [0.25, 0.3) is 4.75 Å². The number of carbonyl (C=O) groups is 2. The molecule has 0 fully saturated rings. The van der Waals surface area contributed by atoms with Gasteiger partial charge in [-0.25, -0.2) is 18.0 Å². The minimum Gasteiger partial charge on any atom is -0.425 e. The second-order valence-electron chi connectivity index (χ2n) is 5.21. The van der Waals surface area contributed by atoms with Crippen molar-refractivity contribution < 1.29 is 27.5 Å². The van der Waals surface area contributed by atoms with Crippen LogP contribution < -0.4 is 9.47 Å². The first-order chi connectivity index (χ1) is 11.2. The highest BCUT2D eigenvalue weighted by Crippen LogP contribution is 2.24. The Hall–Kier alpha value is -2.67. The zero-order valence-electron chi connectivity index (χ0n) is 13.1. The van der Waals surface area contributed by atoms with Crippen LogP contribution in [-0.4, -0.2) is 31.4 Å². The van der Waals surface area contributed by atoms with Crippen LogP contribution in [0, 0.1) is 0 Å². The Morgan fingerprint density at radius 1 is 0.792 bits per heavy atom. The second kappa shape index (κ2) is 6.84. The van der Waals surface area contributed by atoms with Gasteiger partial charge in [0.15, 0.2) is 9.84 Å². The first kappa shape index (κ1) is 17.7. The summed E-state index contributed by atoms with van der Waals surface area (Å²) in [4.78, 5) is 24.8. The van der Waals surface area contributed by atoms with Crippen LogP contribution in [0.5, 0.6) is 11.5 Å².